The number of nitro benzene ring substituents is 1. The molecule has 11 heteroatoms. The Morgan fingerprint density at radius 2 is 1.74 bits per heavy atom. The first kappa shape index (κ1) is 23.8. The van der Waals surface area contributed by atoms with Crippen LogP contribution >= 0.6 is 11.3 Å². The first-order valence-electron chi connectivity index (χ1n) is 10.3. The van der Waals surface area contributed by atoms with E-state index in [2.05, 4.69) is 4.99 Å². The van der Waals surface area contributed by atoms with Crippen molar-refractivity contribution in [1.29, 1.82) is 0 Å². The Morgan fingerprint density at radius 1 is 1.09 bits per heavy atom. The van der Waals surface area contributed by atoms with E-state index in [1.54, 1.807) is 37.3 Å². The number of nitro groups is 1. The van der Waals surface area contributed by atoms with Crippen molar-refractivity contribution in [3.05, 3.63) is 106 Å². The van der Waals surface area contributed by atoms with E-state index in [1.807, 2.05) is 0 Å². The molecule has 1 aliphatic rings. The van der Waals surface area contributed by atoms with Gasteiger partial charge in [0.1, 0.15) is 0 Å². The molecule has 0 bridgehead atoms. The topological polar surface area (TPSA) is 130 Å². The summed E-state index contributed by atoms with van der Waals surface area (Å²) >= 11 is 1.06. The minimum absolute atomic E-state index is 0.139. The van der Waals surface area contributed by atoms with Gasteiger partial charge in [0.05, 0.1) is 52.1 Å². The third-order valence-corrected chi connectivity index (χ3v) is 6.48. The van der Waals surface area contributed by atoms with Gasteiger partial charge in [0.2, 0.25) is 0 Å². The van der Waals surface area contributed by atoms with Gasteiger partial charge in [-0.2, -0.15) is 0 Å². The summed E-state index contributed by atoms with van der Waals surface area (Å²) in [5.41, 5.74) is 1.06. The number of rotatable bonds is 5. The lowest BCUT2D eigenvalue weighted by molar-refractivity contribution is -0.385. The molecule has 1 atom stereocenters. The van der Waals surface area contributed by atoms with Gasteiger partial charge in [-0.3, -0.25) is 19.5 Å². The fraction of sp³-hybridized carbons (Fsp3) is 0.167. The van der Waals surface area contributed by atoms with E-state index < -0.39 is 28.5 Å². The molecule has 0 fully saturated rings. The van der Waals surface area contributed by atoms with Crippen LogP contribution in [0.1, 0.15) is 34.5 Å². The van der Waals surface area contributed by atoms with Crippen LogP contribution in [-0.4, -0.2) is 35.6 Å². The van der Waals surface area contributed by atoms with Crippen LogP contribution in [0.15, 0.2) is 69.6 Å². The number of carbonyl (C=O) groups excluding carboxylic acids is 2. The molecule has 1 unspecified atom stereocenters. The molecule has 178 valence electrons. The predicted molar refractivity (Wildman–Crippen MR) is 127 cm³/mol. The minimum atomic E-state index is -0.877. The Hall–Kier alpha value is -4.38. The fourth-order valence-corrected chi connectivity index (χ4v) is 4.88. The molecular weight excluding hydrogens is 474 g/mol. The number of ether oxygens (including phenoxy) is 2. The molecule has 2 heterocycles. The number of benzene rings is 2. The molecule has 2 aromatic carbocycles. The predicted octanol–water partition coefficient (Wildman–Crippen LogP) is 2.10. The van der Waals surface area contributed by atoms with Crippen molar-refractivity contribution in [3.63, 3.8) is 0 Å². The summed E-state index contributed by atoms with van der Waals surface area (Å²) in [7, 11) is 2.51. The summed E-state index contributed by atoms with van der Waals surface area (Å²) in [4.78, 5) is 53.8. The lowest BCUT2D eigenvalue weighted by atomic mass is 9.95. The maximum absolute atomic E-state index is 13.5. The first-order valence-corrected chi connectivity index (χ1v) is 11.1. The van der Waals surface area contributed by atoms with Crippen LogP contribution in [0.5, 0.6) is 0 Å². The van der Waals surface area contributed by atoms with Gasteiger partial charge in [-0.15, -0.1) is 0 Å². The quantitative estimate of drug-likeness (QED) is 0.302. The zero-order chi connectivity index (χ0) is 25.3. The number of hydrogen-bond donors (Lipinski definition) is 0. The Balaban J connectivity index is 1.95. The molecular formula is C24H19N3O7S. The highest BCUT2D eigenvalue weighted by atomic mass is 32.1. The summed E-state index contributed by atoms with van der Waals surface area (Å²) in [5.74, 6) is -1.17. The van der Waals surface area contributed by atoms with Crippen LogP contribution in [0.2, 0.25) is 0 Å². The van der Waals surface area contributed by atoms with Gasteiger partial charge in [-0.25, -0.2) is 14.6 Å². The molecule has 0 N–H and O–H groups in total. The number of fused-ring (bicyclic) bond motifs is 1. The Kier molecular flexibility index (Phi) is 6.43. The number of thiazole rings is 1. The van der Waals surface area contributed by atoms with Crippen LogP contribution in [0.4, 0.5) is 5.69 Å². The molecule has 1 aliphatic heterocycles. The van der Waals surface area contributed by atoms with Gasteiger partial charge in [-0.1, -0.05) is 35.6 Å². The van der Waals surface area contributed by atoms with Crippen molar-refractivity contribution in [1.82, 2.24) is 4.57 Å². The second-order valence-electron chi connectivity index (χ2n) is 7.50. The third-order valence-electron chi connectivity index (χ3n) is 5.49. The van der Waals surface area contributed by atoms with E-state index in [4.69, 9.17) is 9.47 Å². The van der Waals surface area contributed by atoms with E-state index in [0.29, 0.717) is 21.6 Å². The zero-order valence-electron chi connectivity index (χ0n) is 18.9. The molecule has 0 spiro atoms. The van der Waals surface area contributed by atoms with Crippen molar-refractivity contribution in [2.75, 3.05) is 14.2 Å². The number of carbonyl (C=O) groups is 2. The summed E-state index contributed by atoms with van der Waals surface area (Å²) in [6.45, 7) is 1.64. The summed E-state index contributed by atoms with van der Waals surface area (Å²) < 4.78 is 11.3. The second kappa shape index (κ2) is 9.47. The number of esters is 2. The maximum Gasteiger partial charge on any atom is 0.338 e. The van der Waals surface area contributed by atoms with Gasteiger partial charge >= 0.3 is 11.9 Å². The summed E-state index contributed by atoms with van der Waals surface area (Å²) in [5, 5.41) is 11.4. The van der Waals surface area contributed by atoms with Gasteiger partial charge in [0.15, 0.2) is 4.80 Å². The number of hydrogen-bond acceptors (Lipinski definition) is 9. The standard InChI is InChI=1S/C24H19N3O7S/c1-13-19(23(30)34-3)20(14-8-10-15(11-9-14)22(29)33-2)26-21(28)18(35-24(26)25-13)12-16-6-4-5-7-17(16)27(31)32/h4-12,20H,1-3H3/b18-12+. The Bertz CT molecular complexity index is 1570. The number of allylic oxidation sites excluding steroid dienone is 1. The first-order chi connectivity index (χ1) is 16.8. The number of nitrogens with zero attached hydrogens (tertiary/aromatic N) is 3. The summed E-state index contributed by atoms with van der Waals surface area (Å²) in [6, 6.07) is 11.5. The van der Waals surface area contributed by atoms with E-state index in [-0.39, 0.29) is 21.4 Å². The molecule has 0 aliphatic carbocycles. The van der Waals surface area contributed by atoms with E-state index in [1.165, 1.54) is 43.1 Å². The van der Waals surface area contributed by atoms with Crippen LogP contribution in [-0.2, 0) is 14.3 Å². The van der Waals surface area contributed by atoms with Gasteiger partial charge in [-0.05, 0) is 36.8 Å². The van der Waals surface area contributed by atoms with Crippen LogP contribution in [0, 0.1) is 10.1 Å². The van der Waals surface area contributed by atoms with Crippen LogP contribution in [0.3, 0.4) is 0 Å². The average Bonchev–Trinajstić information content (AvgIpc) is 3.16. The van der Waals surface area contributed by atoms with Gasteiger partial charge in [0, 0.05) is 6.07 Å². The maximum atomic E-state index is 13.5. The highest BCUT2D eigenvalue weighted by Gasteiger charge is 2.33. The van der Waals surface area contributed by atoms with Crippen molar-refractivity contribution < 1.29 is 24.0 Å². The Morgan fingerprint density at radius 3 is 2.37 bits per heavy atom. The molecule has 10 nitrogen and oxygen atoms in total. The second-order valence-corrected chi connectivity index (χ2v) is 8.51. The van der Waals surface area contributed by atoms with Crippen molar-refractivity contribution >= 4 is 35.0 Å². The molecule has 35 heavy (non-hydrogen) atoms. The highest BCUT2D eigenvalue weighted by Crippen LogP contribution is 2.30. The number of para-hydroxylation sites is 1. The molecule has 1 aromatic heterocycles. The van der Waals surface area contributed by atoms with Crippen LogP contribution in [0.25, 0.3) is 6.08 Å². The summed E-state index contributed by atoms with van der Waals surface area (Å²) in [6.07, 6.45) is 1.44. The zero-order valence-corrected chi connectivity index (χ0v) is 19.7. The normalized spacial score (nSPS) is 15.3. The lowest BCUT2D eigenvalue weighted by Gasteiger charge is -2.24. The SMILES string of the molecule is COC(=O)C1=C(C)N=c2s/c(=C/c3ccccc3[N+](=O)[O-])c(=O)n2C1c1ccc(C(=O)OC)cc1. The smallest absolute Gasteiger partial charge is 0.338 e. The van der Waals surface area contributed by atoms with Crippen molar-refractivity contribution in [3.8, 4) is 0 Å². The van der Waals surface area contributed by atoms with Crippen molar-refractivity contribution in [2.45, 2.75) is 13.0 Å². The van der Waals surface area contributed by atoms with E-state index >= 15 is 0 Å². The van der Waals surface area contributed by atoms with E-state index in [9.17, 15) is 24.5 Å². The average molecular weight is 493 g/mol. The molecule has 0 amide bonds. The highest BCUT2D eigenvalue weighted by molar-refractivity contribution is 7.07. The fourth-order valence-electron chi connectivity index (χ4n) is 3.84. The van der Waals surface area contributed by atoms with Crippen molar-refractivity contribution in [2.24, 2.45) is 4.99 Å². The largest absolute Gasteiger partial charge is 0.466 e. The number of aromatic nitrogens is 1. The lowest BCUT2D eigenvalue weighted by Crippen LogP contribution is -2.39. The number of methoxy groups -OCH3 is 2. The molecule has 4 rings (SSSR count). The van der Waals surface area contributed by atoms with Crippen LogP contribution < -0.4 is 14.9 Å². The van der Waals surface area contributed by atoms with Gasteiger partial charge < -0.3 is 9.47 Å². The molecule has 0 saturated carbocycles. The Labute approximate surface area is 202 Å². The van der Waals surface area contributed by atoms with E-state index in [0.717, 1.165) is 11.3 Å². The minimum Gasteiger partial charge on any atom is -0.466 e. The monoisotopic (exact) mass is 493 g/mol. The van der Waals surface area contributed by atoms with Gasteiger partial charge in [0.25, 0.3) is 11.2 Å². The molecule has 3 aromatic rings. The third kappa shape index (κ3) is 4.28. The molecule has 0 saturated heterocycles. The molecule has 0 radical (unpaired) electrons.